The van der Waals surface area contributed by atoms with E-state index in [1.165, 1.54) is 42.5 Å². The van der Waals surface area contributed by atoms with Crippen molar-refractivity contribution in [3.63, 3.8) is 0 Å². The second-order valence-electron chi connectivity index (χ2n) is 13.7. The summed E-state index contributed by atoms with van der Waals surface area (Å²) in [5.74, 6) is -6.42. The van der Waals surface area contributed by atoms with E-state index >= 15 is 0 Å². The molecular formula is C39H25N7O17S3. The minimum atomic E-state index is -5.19. The number of carbonyl (C=O) groups is 4. The number of phenolic OH excluding ortho intramolecular Hbond substituents is 1. The summed E-state index contributed by atoms with van der Waals surface area (Å²) in [6.45, 7) is 0. The molecule has 0 fully saturated rings. The first-order valence-corrected chi connectivity index (χ1v) is 22.3. The Kier molecular flexibility index (Phi) is 11.8. The quantitative estimate of drug-likeness (QED) is 0.0447. The number of azo groups is 3. The maximum Gasteiger partial charge on any atom is 0.335 e. The van der Waals surface area contributed by atoms with Crippen molar-refractivity contribution in [2.45, 2.75) is 20.7 Å². The van der Waals surface area contributed by atoms with Crippen LogP contribution in [0.25, 0.3) is 21.5 Å². The van der Waals surface area contributed by atoms with Crippen LogP contribution in [0.4, 0.5) is 34.1 Å². The third-order valence-corrected chi connectivity index (χ3v) is 12.0. The number of carbonyl (C=O) groups excluding carboxylic acids is 1. The van der Waals surface area contributed by atoms with Crippen LogP contribution >= 0.6 is 0 Å². The molecule has 0 aliphatic carbocycles. The van der Waals surface area contributed by atoms with Crippen molar-refractivity contribution < 1.29 is 78.5 Å². The van der Waals surface area contributed by atoms with Crippen LogP contribution in [0.2, 0.25) is 0 Å². The highest BCUT2D eigenvalue weighted by atomic mass is 32.2. The van der Waals surface area contributed by atoms with Gasteiger partial charge in [-0.1, -0.05) is 18.2 Å². The van der Waals surface area contributed by atoms with Crippen LogP contribution < -0.4 is 4.90 Å². The molecule has 66 heavy (non-hydrogen) atoms. The van der Waals surface area contributed by atoms with Gasteiger partial charge in [-0.05, 0) is 84.2 Å². The third-order valence-electron chi connectivity index (χ3n) is 9.46. The number of amides is 1. The van der Waals surface area contributed by atoms with Crippen molar-refractivity contribution in [2.75, 3.05) is 4.90 Å². The number of aliphatic carboxylic acids is 1. The Hall–Kier alpha value is -8.21. The number of nitrogens with zero attached hydrogens (tertiary/aromatic N) is 7. The fourth-order valence-corrected chi connectivity index (χ4v) is 8.07. The van der Waals surface area contributed by atoms with Crippen molar-refractivity contribution in [3.05, 3.63) is 120 Å². The highest BCUT2D eigenvalue weighted by molar-refractivity contribution is 7.86. The van der Waals surface area contributed by atoms with Gasteiger partial charge >= 0.3 is 17.9 Å². The van der Waals surface area contributed by atoms with E-state index in [1.54, 1.807) is 0 Å². The van der Waals surface area contributed by atoms with Crippen molar-refractivity contribution in [3.8, 4) is 5.75 Å². The molecule has 6 aromatic rings. The van der Waals surface area contributed by atoms with E-state index in [4.69, 9.17) is 0 Å². The summed E-state index contributed by atoms with van der Waals surface area (Å²) in [5.41, 5.74) is -3.06. The van der Waals surface area contributed by atoms with Crippen molar-refractivity contribution >= 4 is 110 Å². The molecule has 1 unspecified atom stereocenters. The Morgan fingerprint density at radius 2 is 1.18 bits per heavy atom. The van der Waals surface area contributed by atoms with Gasteiger partial charge in [-0.3, -0.25) is 23.4 Å². The normalized spacial score (nSPS) is 14.8. The summed E-state index contributed by atoms with van der Waals surface area (Å²) >= 11 is 0. The van der Waals surface area contributed by atoms with Gasteiger partial charge in [-0.2, -0.15) is 40.6 Å². The molecule has 1 aliphatic heterocycles. The predicted octanol–water partition coefficient (Wildman–Crippen LogP) is 7.13. The first kappa shape index (κ1) is 45.8. The minimum Gasteiger partial charge on any atom is -0.505 e. The number of hydrogen-bond donors (Lipinski definition) is 7. The first-order valence-electron chi connectivity index (χ1n) is 17.9. The number of benzene rings is 6. The van der Waals surface area contributed by atoms with Crippen molar-refractivity contribution in [1.82, 2.24) is 0 Å². The lowest BCUT2D eigenvalue weighted by atomic mass is 10.1. The second kappa shape index (κ2) is 17.1. The van der Waals surface area contributed by atoms with Crippen LogP contribution in [-0.2, 0) is 39.9 Å². The molecular weight excluding hydrogens is 935 g/mol. The van der Waals surface area contributed by atoms with E-state index in [0.717, 1.165) is 65.7 Å². The summed E-state index contributed by atoms with van der Waals surface area (Å²) in [6, 6.07) is 15.6. The molecule has 1 aliphatic rings. The van der Waals surface area contributed by atoms with Gasteiger partial charge < -0.3 is 20.4 Å². The number of carboxylic acid groups (broad SMARTS) is 3. The lowest BCUT2D eigenvalue weighted by molar-refractivity contribution is -0.133. The molecule has 0 spiro atoms. The molecule has 7 rings (SSSR count). The topological polar surface area (TPSA) is 390 Å². The molecule has 24 nitrogen and oxygen atoms in total. The maximum atomic E-state index is 13.4. The van der Waals surface area contributed by atoms with Gasteiger partial charge in [0.25, 0.3) is 36.3 Å². The van der Waals surface area contributed by atoms with Crippen molar-refractivity contribution in [2.24, 2.45) is 30.7 Å². The lowest BCUT2D eigenvalue weighted by Crippen LogP contribution is -2.29. The summed E-state index contributed by atoms with van der Waals surface area (Å²) in [5, 5.41) is 63.5. The Bertz CT molecular complexity index is 3580. The molecule has 1 atom stereocenters. The zero-order valence-corrected chi connectivity index (χ0v) is 34.9. The van der Waals surface area contributed by atoms with Crippen LogP contribution in [0.3, 0.4) is 0 Å². The first-order chi connectivity index (χ1) is 30.9. The summed E-state index contributed by atoms with van der Waals surface area (Å²) in [4.78, 5) is 47.2. The van der Waals surface area contributed by atoms with Crippen LogP contribution in [0.1, 0.15) is 20.7 Å². The SMILES string of the molecule is O=C(O)C1=CN(c2cccc(S(=O)(=O)O)c2)C(=O)C1N=Nc1ccc2cc(S(=O)(=O)O)c(N=Nc3ccc(N=Nc4cc(C(=O)O)cc(C(=O)O)c4)c4ccc(S(=O)(=O)O)cc34)c(O)c2c1. The maximum absolute atomic E-state index is 13.4. The van der Waals surface area contributed by atoms with Gasteiger partial charge in [0, 0.05) is 28.0 Å². The van der Waals surface area contributed by atoms with Gasteiger partial charge in [-0.15, -0.1) is 15.3 Å². The third kappa shape index (κ3) is 9.36. The number of phenols is 1. The zero-order chi connectivity index (χ0) is 48.0. The van der Waals surface area contributed by atoms with Crippen LogP contribution in [0, 0.1) is 0 Å². The van der Waals surface area contributed by atoms with Gasteiger partial charge in [0.2, 0.25) is 0 Å². The number of hydrogen-bond acceptors (Lipinski definition) is 17. The number of aromatic carboxylic acids is 2. The fourth-order valence-electron chi connectivity index (χ4n) is 6.39. The standard InChI is InChI=1S/C39H25N7O17S3/c47-35-27-14-21(40-44-33-29(39(53)54)17-46(36(33)48)23-2-1-3-24(15-23)64(55,56)57)5-4-18(27)13-32(66(61,62)63)34(35)45-43-31-9-8-30(26-7-6-25(16-28(26)31)65(58,59)60)42-41-22-11-19(37(49)50)10-20(12-22)38(51)52/h1-17,33,47H,(H,49,50)(H,51,52)(H,53,54)(H,55,56,57)(H,58,59,60)(H,61,62,63). The number of aromatic hydroxyl groups is 1. The van der Waals surface area contributed by atoms with E-state index in [0.29, 0.717) is 0 Å². The molecule has 336 valence electrons. The number of fused-ring (bicyclic) bond motifs is 2. The Labute approximate surface area is 369 Å². The highest BCUT2D eigenvalue weighted by Crippen LogP contribution is 2.44. The minimum absolute atomic E-state index is 0.0340. The smallest absolute Gasteiger partial charge is 0.335 e. The molecule has 0 bridgehead atoms. The molecule has 1 amide bonds. The van der Waals surface area contributed by atoms with Gasteiger partial charge in [-0.25, -0.2) is 14.4 Å². The summed E-state index contributed by atoms with van der Waals surface area (Å²) < 4.78 is 102. The Morgan fingerprint density at radius 1 is 0.561 bits per heavy atom. The second-order valence-corrected chi connectivity index (χ2v) is 17.9. The summed E-state index contributed by atoms with van der Waals surface area (Å²) in [7, 11) is -14.8. The number of anilines is 1. The molecule has 0 aromatic heterocycles. The molecule has 6 aromatic carbocycles. The molecule has 0 saturated heterocycles. The molecule has 0 saturated carbocycles. The zero-order valence-electron chi connectivity index (χ0n) is 32.5. The van der Waals surface area contributed by atoms with Crippen LogP contribution in [0.5, 0.6) is 5.75 Å². The van der Waals surface area contributed by atoms with Crippen LogP contribution in [-0.4, -0.2) is 89.2 Å². The molecule has 7 N–H and O–H groups in total. The van der Waals surface area contributed by atoms with Crippen molar-refractivity contribution in [1.29, 1.82) is 0 Å². The molecule has 27 heteroatoms. The van der Waals surface area contributed by atoms with E-state index in [1.807, 2.05) is 0 Å². The average Bonchev–Trinajstić information content (AvgIpc) is 3.59. The predicted molar refractivity (Wildman–Crippen MR) is 226 cm³/mol. The highest BCUT2D eigenvalue weighted by Gasteiger charge is 2.39. The average molecular weight is 960 g/mol. The van der Waals surface area contributed by atoms with E-state index in [-0.39, 0.29) is 50.0 Å². The molecule has 0 radical (unpaired) electrons. The van der Waals surface area contributed by atoms with Gasteiger partial charge in [0.05, 0.1) is 49.2 Å². The fraction of sp³-hybridized carbons (Fsp3) is 0.0256. The largest absolute Gasteiger partial charge is 0.505 e. The van der Waals surface area contributed by atoms with Crippen LogP contribution in [0.15, 0.2) is 154 Å². The lowest BCUT2D eigenvalue weighted by Gasteiger charge is -2.15. The van der Waals surface area contributed by atoms with E-state index in [2.05, 4.69) is 30.7 Å². The van der Waals surface area contributed by atoms with E-state index in [9.17, 15) is 78.5 Å². The van der Waals surface area contributed by atoms with E-state index < -0.39 is 103 Å². The number of rotatable bonds is 13. The van der Waals surface area contributed by atoms with Gasteiger partial charge in [0.15, 0.2) is 11.8 Å². The molecule has 1 heterocycles. The summed E-state index contributed by atoms with van der Waals surface area (Å²) in [6.07, 6.45) is 0.879. The Balaban J connectivity index is 1.28. The van der Waals surface area contributed by atoms with Gasteiger partial charge in [0.1, 0.15) is 10.6 Å². The Morgan fingerprint density at radius 3 is 1.79 bits per heavy atom. The number of carboxylic acids is 3. The monoisotopic (exact) mass is 959 g/mol.